The summed E-state index contributed by atoms with van der Waals surface area (Å²) in [6.45, 7) is 2.89. The highest BCUT2D eigenvalue weighted by molar-refractivity contribution is 7.12. The van der Waals surface area contributed by atoms with Crippen LogP contribution in [0.25, 0.3) is 0 Å². The van der Waals surface area contributed by atoms with Crippen LogP contribution in [0.15, 0.2) is 42.5 Å². The lowest BCUT2D eigenvalue weighted by Gasteiger charge is -2.13. The SMILES string of the molecule is CC(NCc1ccc(CC(=O)O)s1)c1ccccc1. The minimum absolute atomic E-state index is 0.110. The average molecular weight is 275 g/mol. The molecule has 2 N–H and O–H groups in total. The summed E-state index contributed by atoms with van der Waals surface area (Å²) in [7, 11) is 0. The molecule has 2 rings (SSSR count). The van der Waals surface area contributed by atoms with Gasteiger partial charge in [-0.15, -0.1) is 11.3 Å². The summed E-state index contributed by atoms with van der Waals surface area (Å²) < 4.78 is 0. The van der Waals surface area contributed by atoms with Crippen molar-refractivity contribution in [3.8, 4) is 0 Å². The normalized spacial score (nSPS) is 12.3. The van der Waals surface area contributed by atoms with Crippen LogP contribution in [0.3, 0.4) is 0 Å². The number of carboxylic acids is 1. The molecule has 0 fully saturated rings. The van der Waals surface area contributed by atoms with Gasteiger partial charge in [-0.2, -0.15) is 0 Å². The number of carbonyl (C=O) groups is 1. The first-order valence-corrected chi connectivity index (χ1v) is 7.04. The molecule has 0 aliphatic heterocycles. The second kappa shape index (κ2) is 6.50. The zero-order chi connectivity index (χ0) is 13.7. The molecule has 0 radical (unpaired) electrons. The quantitative estimate of drug-likeness (QED) is 0.851. The summed E-state index contributed by atoms with van der Waals surface area (Å²) in [6.07, 6.45) is 0.110. The van der Waals surface area contributed by atoms with Gasteiger partial charge in [-0.3, -0.25) is 4.79 Å². The van der Waals surface area contributed by atoms with Gasteiger partial charge in [-0.1, -0.05) is 30.3 Å². The molecule has 1 aromatic heterocycles. The van der Waals surface area contributed by atoms with E-state index in [9.17, 15) is 4.79 Å². The van der Waals surface area contributed by atoms with Crippen LogP contribution in [0.4, 0.5) is 0 Å². The molecule has 0 amide bonds. The first-order chi connectivity index (χ1) is 9.15. The number of hydrogen-bond donors (Lipinski definition) is 2. The number of benzene rings is 1. The first kappa shape index (κ1) is 13.8. The Balaban J connectivity index is 1.88. The highest BCUT2D eigenvalue weighted by atomic mass is 32.1. The third-order valence-corrected chi connectivity index (χ3v) is 4.01. The molecule has 3 nitrogen and oxygen atoms in total. The molecular weight excluding hydrogens is 258 g/mol. The zero-order valence-electron chi connectivity index (χ0n) is 10.8. The van der Waals surface area contributed by atoms with E-state index >= 15 is 0 Å². The summed E-state index contributed by atoms with van der Waals surface area (Å²) in [5, 5.41) is 12.2. The largest absolute Gasteiger partial charge is 0.481 e. The number of nitrogens with one attached hydrogen (secondary N) is 1. The van der Waals surface area contributed by atoms with E-state index in [1.54, 1.807) is 11.3 Å². The summed E-state index contributed by atoms with van der Waals surface area (Å²) in [5.74, 6) is -0.779. The van der Waals surface area contributed by atoms with Crippen molar-refractivity contribution in [3.05, 3.63) is 57.8 Å². The van der Waals surface area contributed by atoms with Crippen LogP contribution in [0, 0.1) is 0 Å². The smallest absolute Gasteiger partial charge is 0.308 e. The fourth-order valence-electron chi connectivity index (χ4n) is 1.87. The van der Waals surface area contributed by atoms with Crippen molar-refractivity contribution in [2.75, 3.05) is 0 Å². The number of thiophene rings is 1. The maximum atomic E-state index is 10.6. The van der Waals surface area contributed by atoms with E-state index in [0.29, 0.717) is 0 Å². The van der Waals surface area contributed by atoms with Gasteiger partial charge in [-0.25, -0.2) is 0 Å². The van der Waals surface area contributed by atoms with Gasteiger partial charge in [0.05, 0.1) is 6.42 Å². The Labute approximate surface area is 116 Å². The predicted molar refractivity (Wildman–Crippen MR) is 77.4 cm³/mol. The zero-order valence-corrected chi connectivity index (χ0v) is 11.6. The molecule has 19 heavy (non-hydrogen) atoms. The highest BCUT2D eigenvalue weighted by Gasteiger charge is 2.07. The van der Waals surface area contributed by atoms with Crippen molar-refractivity contribution < 1.29 is 9.90 Å². The number of aliphatic carboxylic acids is 1. The average Bonchev–Trinajstić information content (AvgIpc) is 2.84. The van der Waals surface area contributed by atoms with Crippen molar-refractivity contribution in [1.29, 1.82) is 0 Å². The maximum absolute atomic E-state index is 10.6. The van der Waals surface area contributed by atoms with Gasteiger partial charge in [0.2, 0.25) is 0 Å². The van der Waals surface area contributed by atoms with Crippen LogP contribution >= 0.6 is 11.3 Å². The van der Waals surface area contributed by atoms with E-state index in [1.807, 2.05) is 30.3 Å². The molecule has 0 aliphatic rings. The molecule has 0 spiro atoms. The molecular formula is C15H17NO2S. The Morgan fingerprint density at radius 1 is 1.21 bits per heavy atom. The number of hydrogen-bond acceptors (Lipinski definition) is 3. The fourth-order valence-corrected chi connectivity index (χ4v) is 2.83. The number of carboxylic acid groups (broad SMARTS) is 1. The lowest BCUT2D eigenvalue weighted by atomic mass is 10.1. The van der Waals surface area contributed by atoms with Gasteiger partial charge in [0, 0.05) is 22.3 Å². The molecule has 0 saturated carbocycles. The molecule has 2 aromatic rings. The Bertz CT molecular complexity index is 536. The van der Waals surface area contributed by atoms with Crippen LogP contribution in [0.2, 0.25) is 0 Å². The number of rotatable bonds is 6. The van der Waals surface area contributed by atoms with Gasteiger partial charge in [0.25, 0.3) is 0 Å². The summed E-state index contributed by atoms with van der Waals surface area (Å²) in [5.41, 5.74) is 1.25. The maximum Gasteiger partial charge on any atom is 0.308 e. The van der Waals surface area contributed by atoms with Crippen LogP contribution in [-0.4, -0.2) is 11.1 Å². The van der Waals surface area contributed by atoms with Crippen molar-refractivity contribution in [2.45, 2.75) is 25.9 Å². The van der Waals surface area contributed by atoms with Gasteiger partial charge < -0.3 is 10.4 Å². The highest BCUT2D eigenvalue weighted by Crippen LogP contribution is 2.18. The van der Waals surface area contributed by atoms with Crippen LogP contribution in [-0.2, 0) is 17.8 Å². The summed E-state index contributed by atoms with van der Waals surface area (Å²) >= 11 is 1.56. The molecule has 1 aromatic carbocycles. The van der Waals surface area contributed by atoms with Crippen LogP contribution in [0.5, 0.6) is 0 Å². The minimum atomic E-state index is -0.779. The standard InChI is InChI=1S/C15H17NO2S/c1-11(12-5-3-2-4-6-12)16-10-14-8-7-13(19-14)9-15(17)18/h2-8,11,16H,9-10H2,1H3,(H,17,18). The second-order valence-electron chi connectivity index (χ2n) is 4.45. The summed E-state index contributed by atoms with van der Waals surface area (Å²) in [6, 6.07) is 14.4. The molecule has 4 heteroatoms. The molecule has 0 saturated heterocycles. The van der Waals surface area contributed by atoms with E-state index in [1.165, 1.54) is 10.4 Å². The van der Waals surface area contributed by atoms with Crippen molar-refractivity contribution in [2.24, 2.45) is 0 Å². The van der Waals surface area contributed by atoms with Gasteiger partial charge in [0.1, 0.15) is 0 Å². The molecule has 100 valence electrons. The van der Waals surface area contributed by atoms with Crippen LogP contribution < -0.4 is 5.32 Å². The lowest BCUT2D eigenvalue weighted by Crippen LogP contribution is -2.17. The summed E-state index contributed by atoms with van der Waals surface area (Å²) in [4.78, 5) is 12.7. The molecule has 1 heterocycles. The third kappa shape index (κ3) is 4.19. The third-order valence-electron chi connectivity index (χ3n) is 2.92. The predicted octanol–water partition coefficient (Wildman–Crippen LogP) is 3.23. The molecule has 0 bridgehead atoms. The monoisotopic (exact) mass is 275 g/mol. The van der Waals surface area contributed by atoms with Crippen molar-refractivity contribution in [1.82, 2.24) is 5.32 Å². The van der Waals surface area contributed by atoms with E-state index in [4.69, 9.17) is 5.11 Å². The first-order valence-electron chi connectivity index (χ1n) is 6.23. The van der Waals surface area contributed by atoms with E-state index in [0.717, 1.165) is 11.4 Å². The Morgan fingerprint density at radius 3 is 2.58 bits per heavy atom. The van der Waals surface area contributed by atoms with Crippen LogP contribution in [0.1, 0.15) is 28.3 Å². The molecule has 1 atom stereocenters. The minimum Gasteiger partial charge on any atom is -0.481 e. The van der Waals surface area contributed by atoms with Gasteiger partial charge in [-0.05, 0) is 24.6 Å². The lowest BCUT2D eigenvalue weighted by molar-refractivity contribution is -0.136. The van der Waals surface area contributed by atoms with E-state index < -0.39 is 5.97 Å². The van der Waals surface area contributed by atoms with E-state index in [-0.39, 0.29) is 12.5 Å². The van der Waals surface area contributed by atoms with Gasteiger partial charge >= 0.3 is 5.97 Å². The second-order valence-corrected chi connectivity index (χ2v) is 5.70. The topological polar surface area (TPSA) is 49.3 Å². The van der Waals surface area contributed by atoms with E-state index in [2.05, 4.69) is 24.4 Å². The molecule has 0 aliphatic carbocycles. The molecule has 1 unspecified atom stereocenters. The Morgan fingerprint density at radius 2 is 1.89 bits per heavy atom. The van der Waals surface area contributed by atoms with Crippen molar-refractivity contribution in [3.63, 3.8) is 0 Å². The van der Waals surface area contributed by atoms with Crippen molar-refractivity contribution >= 4 is 17.3 Å². The Kier molecular flexibility index (Phi) is 4.71. The van der Waals surface area contributed by atoms with Gasteiger partial charge in [0.15, 0.2) is 0 Å². The fraction of sp³-hybridized carbons (Fsp3) is 0.267. The Hall–Kier alpha value is -1.65.